The lowest BCUT2D eigenvalue weighted by Crippen LogP contribution is -2.14. The van der Waals surface area contributed by atoms with Crippen LogP contribution in [0.1, 0.15) is 11.5 Å². The molecule has 0 aliphatic heterocycles. The lowest BCUT2D eigenvalue weighted by molar-refractivity contribution is -0.136. The fourth-order valence-electron chi connectivity index (χ4n) is 2.01. The number of carbonyl (C=O) groups excluding carboxylic acids is 2. The Bertz CT molecular complexity index is 679. The highest BCUT2D eigenvalue weighted by atomic mass is 16.5. The maximum atomic E-state index is 12.2. The number of rotatable bonds is 4. The summed E-state index contributed by atoms with van der Waals surface area (Å²) in [7, 11) is 4.25. The fourth-order valence-corrected chi connectivity index (χ4v) is 2.01. The SMILES string of the molecule is COC(=O)/C(=C(\C(=O)OC)c1cccn1C)c1ccco1. The number of aromatic nitrogens is 1. The van der Waals surface area contributed by atoms with Gasteiger partial charge in [0.2, 0.25) is 0 Å². The summed E-state index contributed by atoms with van der Waals surface area (Å²) in [5.74, 6) is -1.08. The minimum Gasteiger partial charge on any atom is -0.465 e. The van der Waals surface area contributed by atoms with Gasteiger partial charge in [0.25, 0.3) is 0 Å². The molecule has 6 nitrogen and oxygen atoms in total. The number of ether oxygens (including phenoxy) is 2. The average Bonchev–Trinajstić information content (AvgIpc) is 3.14. The highest BCUT2D eigenvalue weighted by Gasteiger charge is 2.28. The van der Waals surface area contributed by atoms with E-state index in [1.807, 2.05) is 0 Å². The first-order valence-corrected chi connectivity index (χ1v) is 6.16. The molecule has 110 valence electrons. The Morgan fingerprint density at radius 1 is 1.05 bits per heavy atom. The minimum absolute atomic E-state index is 0.0242. The summed E-state index contributed by atoms with van der Waals surface area (Å²) in [6.07, 6.45) is 3.17. The van der Waals surface area contributed by atoms with E-state index >= 15 is 0 Å². The largest absolute Gasteiger partial charge is 0.465 e. The molecule has 0 N–H and O–H groups in total. The van der Waals surface area contributed by atoms with E-state index in [4.69, 9.17) is 13.9 Å². The smallest absolute Gasteiger partial charge is 0.342 e. The van der Waals surface area contributed by atoms with Gasteiger partial charge >= 0.3 is 11.9 Å². The summed E-state index contributed by atoms with van der Waals surface area (Å²) in [6.45, 7) is 0. The first kappa shape index (κ1) is 14.6. The molecule has 0 fully saturated rings. The van der Waals surface area contributed by atoms with Crippen molar-refractivity contribution in [3.05, 3.63) is 48.2 Å². The van der Waals surface area contributed by atoms with E-state index < -0.39 is 11.9 Å². The molecule has 0 amide bonds. The Hall–Kier alpha value is -2.76. The van der Waals surface area contributed by atoms with Crippen molar-refractivity contribution in [3.8, 4) is 0 Å². The monoisotopic (exact) mass is 289 g/mol. The summed E-state index contributed by atoms with van der Waals surface area (Å²) in [6, 6.07) is 6.67. The van der Waals surface area contributed by atoms with Gasteiger partial charge in [-0.05, 0) is 24.3 Å². The van der Waals surface area contributed by atoms with Crippen molar-refractivity contribution >= 4 is 23.1 Å². The van der Waals surface area contributed by atoms with Gasteiger partial charge in [-0.1, -0.05) is 0 Å². The van der Waals surface area contributed by atoms with Gasteiger partial charge in [-0.2, -0.15) is 0 Å². The third-order valence-corrected chi connectivity index (χ3v) is 3.00. The van der Waals surface area contributed by atoms with Crippen LogP contribution in [-0.2, 0) is 26.1 Å². The molecular formula is C15H15NO5. The first-order chi connectivity index (χ1) is 10.1. The fraction of sp³-hybridized carbons (Fsp3) is 0.200. The minimum atomic E-state index is -0.674. The van der Waals surface area contributed by atoms with Gasteiger partial charge < -0.3 is 18.5 Å². The lowest BCUT2D eigenvalue weighted by Gasteiger charge is -2.12. The molecule has 2 rings (SSSR count). The number of furan rings is 1. The van der Waals surface area contributed by atoms with E-state index in [0.29, 0.717) is 5.69 Å². The molecule has 6 heteroatoms. The molecule has 0 saturated carbocycles. The molecule has 0 saturated heterocycles. The molecule has 0 spiro atoms. The normalized spacial score (nSPS) is 11.8. The quantitative estimate of drug-likeness (QED) is 0.635. The van der Waals surface area contributed by atoms with E-state index in [1.54, 1.807) is 42.1 Å². The molecule has 2 aromatic heterocycles. The van der Waals surface area contributed by atoms with Crippen LogP contribution >= 0.6 is 0 Å². The highest BCUT2D eigenvalue weighted by molar-refractivity contribution is 6.36. The standard InChI is InChI=1S/C15H15NO5/c1-16-8-4-6-10(16)12(14(17)19-2)13(15(18)20-3)11-7-5-9-21-11/h4-9H,1-3H3/b13-12-. The topological polar surface area (TPSA) is 70.7 Å². The van der Waals surface area contributed by atoms with Gasteiger partial charge in [0, 0.05) is 13.2 Å². The van der Waals surface area contributed by atoms with Crippen LogP contribution in [0, 0.1) is 0 Å². The zero-order valence-electron chi connectivity index (χ0n) is 12.0. The molecule has 2 heterocycles. The van der Waals surface area contributed by atoms with E-state index in [9.17, 15) is 9.59 Å². The maximum Gasteiger partial charge on any atom is 0.342 e. The second kappa shape index (κ2) is 6.13. The molecule has 0 radical (unpaired) electrons. The number of esters is 2. The van der Waals surface area contributed by atoms with Gasteiger partial charge in [0.05, 0.1) is 26.2 Å². The molecule has 0 aliphatic carbocycles. The van der Waals surface area contributed by atoms with Crippen molar-refractivity contribution < 1.29 is 23.5 Å². The van der Waals surface area contributed by atoms with Crippen molar-refractivity contribution in [1.29, 1.82) is 0 Å². The van der Waals surface area contributed by atoms with Crippen LogP contribution in [0.25, 0.3) is 11.1 Å². The van der Waals surface area contributed by atoms with Crippen molar-refractivity contribution in [1.82, 2.24) is 4.57 Å². The predicted octanol–water partition coefficient (Wildman–Crippen LogP) is 1.87. The third kappa shape index (κ3) is 2.74. The Balaban J connectivity index is 2.77. The van der Waals surface area contributed by atoms with E-state index in [-0.39, 0.29) is 16.9 Å². The first-order valence-electron chi connectivity index (χ1n) is 6.16. The Morgan fingerprint density at radius 2 is 1.71 bits per heavy atom. The number of carbonyl (C=O) groups is 2. The molecule has 0 atom stereocenters. The van der Waals surface area contributed by atoms with Crippen molar-refractivity contribution in [2.75, 3.05) is 14.2 Å². The van der Waals surface area contributed by atoms with Gasteiger partial charge in [0.1, 0.15) is 16.9 Å². The predicted molar refractivity (Wildman–Crippen MR) is 75.0 cm³/mol. The van der Waals surface area contributed by atoms with Gasteiger partial charge in [0.15, 0.2) is 0 Å². The van der Waals surface area contributed by atoms with Crippen LogP contribution in [0.3, 0.4) is 0 Å². The highest BCUT2D eigenvalue weighted by Crippen LogP contribution is 2.29. The Kier molecular flexibility index (Phi) is 4.27. The van der Waals surface area contributed by atoms with E-state index in [1.165, 1.54) is 20.5 Å². The number of hydrogen-bond acceptors (Lipinski definition) is 5. The van der Waals surface area contributed by atoms with Crippen molar-refractivity contribution in [2.45, 2.75) is 0 Å². The van der Waals surface area contributed by atoms with Crippen molar-refractivity contribution in [3.63, 3.8) is 0 Å². The Morgan fingerprint density at radius 3 is 2.19 bits per heavy atom. The van der Waals surface area contributed by atoms with Crippen LogP contribution in [0.4, 0.5) is 0 Å². The van der Waals surface area contributed by atoms with Crippen LogP contribution in [-0.4, -0.2) is 30.7 Å². The van der Waals surface area contributed by atoms with Crippen LogP contribution in [0.2, 0.25) is 0 Å². The van der Waals surface area contributed by atoms with Gasteiger partial charge in [-0.15, -0.1) is 0 Å². The molecule has 0 aromatic carbocycles. The molecule has 21 heavy (non-hydrogen) atoms. The van der Waals surface area contributed by atoms with Crippen LogP contribution in [0.15, 0.2) is 41.1 Å². The van der Waals surface area contributed by atoms with Gasteiger partial charge in [-0.25, -0.2) is 9.59 Å². The number of nitrogens with zero attached hydrogens (tertiary/aromatic N) is 1. The molecular weight excluding hydrogens is 274 g/mol. The van der Waals surface area contributed by atoms with E-state index in [2.05, 4.69) is 0 Å². The van der Waals surface area contributed by atoms with E-state index in [0.717, 1.165) is 0 Å². The van der Waals surface area contributed by atoms with Crippen LogP contribution in [0.5, 0.6) is 0 Å². The third-order valence-electron chi connectivity index (χ3n) is 3.00. The summed E-state index contributed by atoms with van der Waals surface area (Å²) in [5, 5.41) is 0. The van der Waals surface area contributed by atoms with Gasteiger partial charge in [-0.3, -0.25) is 0 Å². The zero-order valence-corrected chi connectivity index (χ0v) is 12.0. The zero-order chi connectivity index (χ0) is 15.4. The second-order valence-electron chi connectivity index (χ2n) is 4.21. The summed E-state index contributed by atoms with van der Waals surface area (Å²) in [5.41, 5.74) is 0.640. The van der Waals surface area contributed by atoms with Crippen molar-refractivity contribution in [2.24, 2.45) is 7.05 Å². The summed E-state index contributed by atoms with van der Waals surface area (Å²) in [4.78, 5) is 24.3. The second-order valence-corrected chi connectivity index (χ2v) is 4.21. The summed E-state index contributed by atoms with van der Waals surface area (Å²) >= 11 is 0. The average molecular weight is 289 g/mol. The number of aryl methyl sites for hydroxylation is 1. The number of hydrogen-bond donors (Lipinski definition) is 0. The molecule has 0 bridgehead atoms. The molecule has 2 aromatic rings. The number of methoxy groups -OCH3 is 2. The Labute approximate surface area is 121 Å². The maximum absolute atomic E-state index is 12.2. The van der Waals surface area contributed by atoms with Crippen LogP contribution < -0.4 is 0 Å². The lowest BCUT2D eigenvalue weighted by atomic mass is 10.0. The molecule has 0 unspecified atom stereocenters. The molecule has 0 aliphatic rings. The summed E-state index contributed by atoms with van der Waals surface area (Å²) < 4.78 is 16.5.